The maximum absolute atomic E-state index is 5.83. The van der Waals surface area contributed by atoms with Crippen molar-refractivity contribution in [1.29, 1.82) is 0 Å². The summed E-state index contributed by atoms with van der Waals surface area (Å²) in [6.07, 6.45) is 2.79. The van der Waals surface area contributed by atoms with Gasteiger partial charge in [0, 0.05) is 35.6 Å². The summed E-state index contributed by atoms with van der Waals surface area (Å²) in [5, 5.41) is 2.48. The quantitative estimate of drug-likeness (QED) is 0.748. The lowest BCUT2D eigenvalue weighted by Crippen LogP contribution is -2.08. The zero-order valence-corrected chi connectivity index (χ0v) is 10.8. The van der Waals surface area contributed by atoms with Gasteiger partial charge in [-0.15, -0.1) is 0 Å². The number of hydrogen-bond acceptors (Lipinski definition) is 3. The first-order chi connectivity index (χ1) is 9.36. The van der Waals surface area contributed by atoms with Crippen molar-refractivity contribution in [2.45, 2.75) is 19.5 Å². The van der Waals surface area contributed by atoms with Crippen LogP contribution in [0.5, 0.6) is 0 Å². The zero-order valence-electron chi connectivity index (χ0n) is 10.8. The molecule has 0 spiro atoms. The monoisotopic (exact) mass is 254 g/mol. The molecule has 1 aromatic carbocycles. The molecule has 0 aliphatic heterocycles. The summed E-state index contributed by atoms with van der Waals surface area (Å²) < 4.78 is 2.30. The molecule has 2 heterocycles. The minimum Gasteiger partial charge on any atom is -0.339 e. The minimum absolute atomic E-state index is 0.455. The molecule has 3 aromatic rings. The van der Waals surface area contributed by atoms with E-state index in [1.54, 1.807) is 0 Å². The first-order valence-corrected chi connectivity index (χ1v) is 6.61. The lowest BCUT2D eigenvalue weighted by molar-refractivity contribution is 0.684. The first kappa shape index (κ1) is 12.1. The molecule has 0 bridgehead atoms. The molecule has 0 aliphatic carbocycles. The molecule has 0 fully saturated rings. The van der Waals surface area contributed by atoms with Gasteiger partial charge in [0.25, 0.3) is 0 Å². The van der Waals surface area contributed by atoms with Crippen LogP contribution in [0, 0.1) is 0 Å². The van der Waals surface area contributed by atoms with Gasteiger partial charge in [-0.25, -0.2) is 0 Å². The summed E-state index contributed by atoms with van der Waals surface area (Å²) in [6, 6.07) is 10.5. The van der Waals surface area contributed by atoms with Crippen LogP contribution in [0.2, 0.25) is 0 Å². The molecule has 4 nitrogen and oxygen atoms in total. The van der Waals surface area contributed by atoms with Gasteiger partial charge in [-0.05, 0) is 25.1 Å². The molecule has 2 aromatic heterocycles. The topological polar surface area (TPSA) is 69.9 Å². The van der Waals surface area contributed by atoms with E-state index in [4.69, 9.17) is 11.5 Å². The van der Waals surface area contributed by atoms with Crippen LogP contribution in [0.25, 0.3) is 21.8 Å². The summed E-state index contributed by atoms with van der Waals surface area (Å²) in [5.41, 5.74) is 14.8. The molecule has 98 valence electrons. The summed E-state index contributed by atoms with van der Waals surface area (Å²) >= 11 is 0. The highest BCUT2D eigenvalue weighted by Gasteiger charge is 2.13. The van der Waals surface area contributed by atoms with Crippen LogP contribution >= 0.6 is 0 Å². The van der Waals surface area contributed by atoms with Crippen LogP contribution in [-0.4, -0.2) is 16.1 Å². The predicted molar refractivity (Wildman–Crippen MR) is 78.8 cm³/mol. The highest BCUT2D eigenvalue weighted by molar-refractivity contribution is 6.08. The third-order valence-corrected chi connectivity index (χ3v) is 3.53. The van der Waals surface area contributed by atoms with Gasteiger partial charge in [0.15, 0.2) is 0 Å². The van der Waals surface area contributed by atoms with Gasteiger partial charge in [-0.2, -0.15) is 0 Å². The largest absolute Gasteiger partial charge is 0.339 e. The molecule has 19 heavy (non-hydrogen) atoms. The first-order valence-electron chi connectivity index (χ1n) is 6.61. The Morgan fingerprint density at radius 1 is 1.05 bits per heavy atom. The number of fused-ring (bicyclic) bond motifs is 3. The van der Waals surface area contributed by atoms with E-state index in [-0.39, 0.29) is 0 Å². The Hall–Kier alpha value is -1.91. The van der Waals surface area contributed by atoms with Crippen molar-refractivity contribution < 1.29 is 0 Å². The second kappa shape index (κ2) is 4.99. The normalized spacial score (nSPS) is 11.5. The predicted octanol–water partition coefficient (Wildman–Crippen LogP) is 2.00. The van der Waals surface area contributed by atoms with Crippen molar-refractivity contribution in [3.05, 3.63) is 42.2 Å². The van der Waals surface area contributed by atoms with Gasteiger partial charge in [0.1, 0.15) is 0 Å². The number of aromatic nitrogens is 2. The molecular weight excluding hydrogens is 236 g/mol. The molecule has 0 unspecified atom stereocenters. The SMILES string of the molecule is NCCCn1c2ccccc2c2ccnc(CN)c21. The Morgan fingerprint density at radius 2 is 1.89 bits per heavy atom. The smallest absolute Gasteiger partial charge is 0.0782 e. The van der Waals surface area contributed by atoms with Crippen LogP contribution in [0.4, 0.5) is 0 Å². The minimum atomic E-state index is 0.455. The maximum atomic E-state index is 5.83. The number of rotatable bonds is 4. The zero-order chi connectivity index (χ0) is 13.2. The number of nitrogens with two attached hydrogens (primary N) is 2. The summed E-state index contributed by atoms with van der Waals surface area (Å²) in [5.74, 6) is 0. The van der Waals surface area contributed by atoms with Crippen molar-refractivity contribution in [1.82, 2.24) is 9.55 Å². The van der Waals surface area contributed by atoms with Crippen molar-refractivity contribution in [2.75, 3.05) is 6.54 Å². The molecule has 4 N–H and O–H groups in total. The van der Waals surface area contributed by atoms with Gasteiger partial charge in [0.05, 0.1) is 11.2 Å². The Labute approximate surface area is 112 Å². The highest BCUT2D eigenvalue weighted by atomic mass is 15.0. The number of hydrogen-bond donors (Lipinski definition) is 2. The molecule has 0 saturated carbocycles. The summed E-state index contributed by atoms with van der Waals surface area (Å²) in [6.45, 7) is 2.04. The fourth-order valence-electron chi connectivity index (χ4n) is 2.70. The van der Waals surface area contributed by atoms with Crippen molar-refractivity contribution >= 4 is 21.8 Å². The van der Waals surface area contributed by atoms with Gasteiger partial charge in [-0.1, -0.05) is 18.2 Å². The van der Waals surface area contributed by atoms with Crippen LogP contribution in [0.1, 0.15) is 12.1 Å². The molecule has 0 radical (unpaired) electrons. The third kappa shape index (κ3) is 1.89. The number of aryl methyl sites for hydroxylation is 1. The van der Waals surface area contributed by atoms with Gasteiger partial charge >= 0.3 is 0 Å². The Kier molecular flexibility index (Phi) is 3.19. The Bertz CT molecular complexity index is 715. The van der Waals surface area contributed by atoms with Crippen LogP contribution in [0.15, 0.2) is 36.5 Å². The fraction of sp³-hybridized carbons (Fsp3) is 0.267. The number of pyridine rings is 1. The average Bonchev–Trinajstić information content (AvgIpc) is 2.79. The van der Waals surface area contributed by atoms with Gasteiger partial charge in [-0.3, -0.25) is 4.98 Å². The average molecular weight is 254 g/mol. The van der Waals surface area contributed by atoms with E-state index < -0.39 is 0 Å². The van der Waals surface area contributed by atoms with Crippen LogP contribution in [-0.2, 0) is 13.1 Å². The summed E-state index contributed by atoms with van der Waals surface area (Å²) in [7, 11) is 0. The van der Waals surface area contributed by atoms with E-state index in [1.807, 2.05) is 6.20 Å². The van der Waals surface area contributed by atoms with E-state index in [1.165, 1.54) is 16.3 Å². The lowest BCUT2D eigenvalue weighted by atomic mass is 10.1. The number of benzene rings is 1. The van der Waals surface area contributed by atoms with E-state index in [2.05, 4.69) is 39.9 Å². The standard InChI is InChI=1S/C15H18N4/c16-7-3-9-19-14-5-2-1-4-11(14)12-6-8-18-13(10-17)15(12)19/h1-2,4-6,8H,3,7,9-10,16-17H2. The van der Waals surface area contributed by atoms with Crippen LogP contribution < -0.4 is 11.5 Å². The van der Waals surface area contributed by atoms with E-state index >= 15 is 0 Å². The fourth-order valence-corrected chi connectivity index (χ4v) is 2.70. The summed E-state index contributed by atoms with van der Waals surface area (Å²) in [4.78, 5) is 4.41. The Balaban J connectivity index is 2.38. The second-order valence-electron chi connectivity index (χ2n) is 4.67. The molecule has 0 aliphatic rings. The third-order valence-electron chi connectivity index (χ3n) is 3.53. The molecule has 3 rings (SSSR count). The van der Waals surface area contributed by atoms with Gasteiger partial charge < -0.3 is 16.0 Å². The molecule has 0 saturated heterocycles. The van der Waals surface area contributed by atoms with Gasteiger partial charge in [0.2, 0.25) is 0 Å². The van der Waals surface area contributed by atoms with Crippen molar-refractivity contribution in [3.63, 3.8) is 0 Å². The van der Waals surface area contributed by atoms with E-state index in [0.717, 1.165) is 24.2 Å². The molecular formula is C15H18N4. The number of para-hydroxylation sites is 1. The van der Waals surface area contributed by atoms with E-state index in [9.17, 15) is 0 Å². The second-order valence-corrected chi connectivity index (χ2v) is 4.67. The highest BCUT2D eigenvalue weighted by Crippen LogP contribution is 2.30. The lowest BCUT2D eigenvalue weighted by Gasteiger charge is -2.08. The van der Waals surface area contributed by atoms with Crippen LogP contribution in [0.3, 0.4) is 0 Å². The molecule has 0 atom stereocenters. The number of nitrogens with zero attached hydrogens (tertiary/aromatic N) is 2. The van der Waals surface area contributed by atoms with E-state index in [0.29, 0.717) is 13.1 Å². The molecule has 0 amide bonds. The van der Waals surface area contributed by atoms with Crippen molar-refractivity contribution in [3.8, 4) is 0 Å². The van der Waals surface area contributed by atoms with Crippen molar-refractivity contribution in [2.24, 2.45) is 11.5 Å². The Morgan fingerprint density at radius 3 is 2.68 bits per heavy atom. The maximum Gasteiger partial charge on any atom is 0.0782 e. The molecule has 4 heteroatoms.